The average Bonchev–Trinajstić information content (AvgIpc) is 3.05. The number of nitrogens with zero attached hydrogens (tertiary/aromatic N) is 3. The normalized spacial score (nSPS) is 26.1. The summed E-state index contributed by atoms with van der Waals surface area (Å²) in [7, 11) is 4.35. The van der Waals surface area contributed by atoms with Crippen molar-refractivity contribution in [2.24, 2.45) is 5.41 Å². The van der Waals surface area contributed by atoms with Crippen LogP contribution in [-0.4, -0.2) is 34.8 Å². The van der Waals surface area contributed by atoms with Crippen molar-refractivity contribution in [2.45, 2.75) is 32.2 Å². The fourth-order valence-electron chi connectivity index (χ4n) is 4.44. The number of halogens is 1. The predicted octanol–water partition coefficient (Wildman–Crippen LogP) is 3.68. The van der Waals surface area contributed by atoms with E-state index >= 15 is 0 Å². The van der Waals surface area contributed by atoms with Crippen LogP contribution in [0.25, 0.3) is 11.8 Å². The third kappa shape index (κ3) is 2.16. The number of hydrogen-bond donors (Lipinski definition) is 0. The second-order valence-corrected chi connectivity index (χ2v) is 7.23. The van der Waals surface area contributed by atoms with Gasteiger partial charge in [0.05, 0.1) is 17.6 Å². The van der Waals surface area contributed by atoms with Crippen molar-refractivity contribution >= 4 is 6.08 Å². The van der Waals surface area contributed by atoms with Gasteiger partial charge >= 0.3 is 0 Å². The minimum absolute atomic E-state index is 0.202. The van der Waals surface area contributed by atoms with E-state index in [1.165, 1.54) is 29.7 Å². The minimum Gasteiger partial charge on any atom is -0.306 e. The Balaban J connectivity index is 1.77. The smallest absolute Gasteiger partial charge is 0.123 e. The van der Waals surface area contributed by atoms with Crippen LogP contribution in [0, 0.1) is 11.2 Å². The summed E-state index contributed by atoms with van der Waals surface area (Å²) >= 11 is 0. The number of hydrogen-bond acceptors (Lipinski definition) is 2. The number of benzene rings is 1. The summed E-state index contributed by atoms with van der Waals surface area (Å²) in [6, 6.07) is 7.12. The maximum Gasteiger partial charge on any atom is 0.123 e. The molecule has 0 N–H and O–H groups in total. The fraction of sp³-hybridized carbons (Fsp3) is 0.421. The number of aromatic nitrogens is 2. The van der Waals surface area contributed by atoms with Crippen LogP contribution < -0.4 is 0 Å². The molecule has 1 aromatic carbocycles. The van der Waals surface area contributed by atoms with Gasteiger partial charge in [0.15, 0.2) is 0 Å². The van der Waals surface area contributed by atoms with Gasteiger partial charge < -0.3 is 4.90 Å². The molecule has 0 radical (unpaired) electrons. The number of fused-ring (bicyclic) bond motifs is 2. The Labute approximate surface area is 136 Å². The Hall–Kier alpha value is -1.94. The van der Waals surface area contributed by atoms with E-state index in [4.69, 9.17) is 0 Å². The molecule has 0 spiro atoms. The van der Waals surface area contributed by atoms with Gasteiger partial charge in [0.1, 0.15) is 5.82 Å². The van der Waals surface area contributed by atoms with Crippen molar-refractivity contribution in [3.63, 3.8) is 0 Å². The van der Waals surface area contributed by atoms with Crippen LogP contribution in [0.4, 0.5) is 4.39 Å². The van der Waals surface area contributed by atoms with E-state index in [0.29, 0.717) is 6.04 Å². The van der Waals surface area contributed by atoms with Gasteiger partial charge in [-0.25, -0.2) is 9.07 Å². The zero-order valence-electron chi connectivity index (χ0n) is 13.9. The zero-order chi connectivity index (χ0) is 16.2. The predicted molar refractivity (Wildman–Crippen MR) is 90.0 cm³/mol. The van der Waals surface area contributed by atoms with E-state index in [0.717, 1.165) is 24.2 Å². The van der Waals surface area contributed by atoms with Gasteiger partial charge in [-0.3, -0.25) is 0 Å². The Morgan fingerprint density at radius 1 is 1.26 bits per heavy atom. The Morgan fingerprint density at radius 2 is 2.00 bits per heavy atom. The summed E-state index contributed by atoms with van der Waals surface area (Å²) in [5.74, 6) is -0.217. The zero-order valence-corrected chi connectivity index (χ0v) is 13.9. The first-order valence-corrected chi connectivity index (χ1v) is 8.19. The first-order chi connectivity index (χ1) is 11.0. The van der Waals surface area contributed by atoms with Gasteiger partial charge in [-0.2, -0.15) is 5.10 Å². The highest BCUT2D eigenvalue weighted by Gasteiger charge is 2.46. The second-order valence-electron chi connectivity index (χ2n) is 7.23. The molecular formula is C19H22FN3. The standard InChI is InChI=1S/C19H22FN3/c1-19-11-13-12-21-23(16-7-5-15(20)6-8-16)17(13)10-14(19)4-9-18(19)22(2)3/h5-8,10,12,18H,4,9,11H2,1-3H3/t18-,19+/m1/s1. The second kappa shape index (κ2) is 5.03. The maximum atomic E-state index is 13.2. The molecule has 0 saturated heterocycles. The molecule has 1 saturated carbocycles. The molecule has 2 aliphatic carbocycles. The topological polar surface area (TPSA) is 21.1 Å². The molecule has 1 fully saturated rings. The molecule has 2 aliphatic rings. The lowest BCUT2D eigenvalue weighted by Gasteiger charge is -2.39. The molecule has 0 bridgehead atoms. The van der Waals surface area contributed by atoms with Crippen molar-refractivity contribution in [1.29, 1.82) is 0 Å². The Kier molecular flexibility index (Phi) is 3.20. The van der Waals surface area contributed by atoms with Crippen LogP contribution in [0.2, 0.25) is 0 Å². The minimum atomic E-state index is -0.217. The van der Waals surface area contributed by atoms with Gasteiger partial charge in [-0.05, 0) is 69.3 Å². The average molecular weight is 311 g/mol. The molecule has 0 aliphatic heterocycles. The summed E-state index contributed by atoms with van der Waals surface area (Å²) in [5.41, 5.74) is 5.08. The summed E-state index contributed by atoms with van der Waals surface area (Å²) < 4.78 is 15.1. The molecule has 23 heavy (non-hydrogen) atoms. The Morgan fingerprint density at radius 3 is 2.70 bits per heavy atom. The van der Waals surface area contributed by atoms with Gasteiger partial charge in [0.25, 0.3) is 0 Å². The largest absolute Gasteiger partial charge is 0.306 e. The molecule has 0 unspecified atom stereocenters. The van der Waals surface area contributed by atoms with E-state index in [9.17, 15) is 4.39 Å². The van der Waals surface area contributed by atoms with E-state index in [-0.39, 0.29) is 11.2 Å². The highest BCUT2D eigenvalue weighted by atomic mass is 19.1. The van der Waals surface area contributed by atoms with Crippen LogP contribution in [0.15, 0.2) is 36.0 Å². The number of rotatable bonds is 2. The lowest BCUT2D eigenvalue weighted by Crippen LogP contribution is -2.41. The van der Waals surface area contributed by atoms with Crippen LogP contribution in [0.5, 0.6) is 0 Å². The Bertz CT molecular complexity index is 772. The molecule has 4 rings (SSSR count). The van der Waals surface area contributed by atoms with Crippen molar-refractivity contribution in [1.82, 2.24) is 14.7 Å². The summed E-state index contributed by atoms with van der Waals surface area (Å²) in [5, 5.41) is 4.56. The van der Waals surface area contributed by atoms with Crippen molar-refractivity contribution in [3.05, 3.63) is 53.1 Å². The molecule has 120 valence electrons. The van der Waals surface area contributed by atoms with Gasteiger partial charge in [0, 0.05) is 11.5 Å². The molecule has 3 nitrogen and oxygen atoms in total. The molecule has 4 heteroatoms. The summed E-state index contributed by atoms with van der Waals surface area (Å²) in [6.45, 7) is 2.38. The summed E-state index contributed by atoms with van der Waals surface area (Å²) in [4.78, 5) is 2.36. The maximum absolute atomic E-state index is 13.2. The van der Waals surface area contributed by atoms with Crippen LogP contribution in [-0.2, 0) is 6.42 Å². The van der Waals surface area contributed by atoms with Gasteiger partial charge in [0.2, 0.25) is 0 Å². The monoisotopic (exact) mass is 311 g/mol. The quantitative estimate of drug-likeness (QED) is 0.843. The highest BCUT2D eigenvalue weighted by molar-refractivity contribution is 5.62. The highest BCUT2D eigenvalue weighted by Crippen LogP contribution is 2.50. The van der Waals surface area contributed by atoms with Crippen molar-refractivity contribution in [2.75, 3.05) is 14.1 Å². The lowest BCUT2D eigenvalue weighted by atomic mass is 9.72. The first-order valence-electron chi connectivity index (χ1n) is 8.19. The van der Waals surface area contributed by atoms with Gasteiger partial charge in [-0.1, -0.05) is 12.5 Å². The summed E-state index contributed by atoms with van der Waals surface area (Å²) in [6.07, 6.45) is 7.68. The van der Waals surface area contributed by atoms with E-state index in [1.54, 1.807) is 12.1 Å². The van der Waals surface area contributed by atoms with Crippen LogP contribution in [0.1, 0.15) is 31.0 Å². The fourth-order valence-corrected chi connectivity index (χ4v) is 4.44. The van der Waals surface area contributed by atoms with E-state index in [2.05, 4.69) is 37.1 Å². The third-order valence-corrected chi connectivity index (χ3v) is 5.61. The van der Waals surface area contributed by atoms with Crippen LogP contribution in [0.3, 0.4) is 0 Å². The van der Waals surface area contributed by atoms with E-state index < -0.39 is 0 Å². The third-order valence-electron chi connectivity index (χ3n) is 5.61. The van der Waals surface area contributed by atoms with Gasteiger partial charge in [-0.15, -0.1) is 0 Å². The van der Waals surface area contributed by atoms with Crippen molar-refractivity contribution in [3.8, 4) is 5.69 Å². The molecule has 1 aromatic heterocycles. The molecule has 1 heterocycles. The van der Waals surface area contributed by atoms with Crippen molar-refractivity contribution < 1.29 is 4.39 Å². The lowest BCUT2D eigenvalue weighted by molar-refractivity contribution is 0.175. The van der Waals surface area contributed by atoms with Crippen LogP contribution >= 0.6 is 0 Å². The molecule has 0 amide bonds. The SMILES string of the molecule is CN(C)[C@@H]1CCC2=Cc3c(cnn3-c3ccc(F)cc3)C[C@@]21C. The molecule has 2 aromatic rings. The van der Waals surface area contributed by atoms with E-state index in [1.807, 2.05) is 10.9 Å². The molecule has 2 atom stereocenters. The first kappa shape index (κ1) is 14.6. The molecular weight excluding hydrogens is 289 g/mol.